The van der Waals surface area contributed by atoms with Gasteiger partial charge in [-0.3, -0.25) is 4.79 Å². The van der Waals surface area contributed by atoms with E-state index in [2.05, 4.69) is 10.2 Å². The third-order valence-electron chi connectivity index (χ3n) is 3.11. The number of nitrogens with one attached hydrogen (secondary N) is 1. The predicted molar refractivity (Wildman–Crippen MR) is 69.0 cm³/mol. The lowest BCUT2D eigenvalue weighted by Crippen LogP contribution is -2.47. The summed E-state index contributed by atoms with van der Waals surface area (Å²) in [5.74, 6) is -1.48. The smallest absolute Gasteiger partial charge is 0.406 e. The molecule has 0 saturated carbocycles. The largest absolute Gasteiger partial charge is 0.480 e. The fraction of sp³-hybridized carbons (Fsp3) is 0.833. The molecule has 0 unspecified atom stereocenters. The fourth-order valence-electron chi connectivity index (χ4n) is 2.20. The number of nitrogens with zero attached hydrogens (tertiary/aromatic N) is 2. The molecule has 1 saturated heterocycles. The summed E-state index contributed by atoms with van der Waals surface area (Å²) in [5, 5.41) is 10.9. The van der Waals surface area contributed by atoms with Crippen LogP contribution in [0, 0.1) is 0 Å². The molecule has 0 aromatic heterocycles. The highest BCUT2D eigenvalue weighted by atomic mass is 19.4. The minimum absolute atomic E-state index is 0.226. The molecular weight excluding hydrogens is 291 g/mol. The zero-order chi connectivity index (χ0) is 15.9. The minimum Gasteiger partial charge on any atom is -0.480 e. The lowest BCUT2D eigenvalue weighted by atomic mass is 10.4. The fourth-order valence-corrected chi connectivity index (χ4v) is 2.20. The van der Waals surface area contributed by atoms with Crippen LogP contribution in [0.2, 0.25) is 0 Å². The van der Waals surface area contributed by atoms with E-state index in [-0.39, 0.29) is 11.4 Å². The molecule has 2 N–H and O–H groups in total. The molecule has 1 aliphatic rings. The molecule has 1 heterocycles. The van der Waals surface area contributed by atoms with Crippen LogP contribution in [0.1, 0.15) is 19.3 Å². The van der Waals surface area contributed by atoms with E-state index in [1.54, 1.807) is 0 Å². The van der Waals surface area contributed by atoms with Crippen molar-refractivity contribution in [2.75, 3.05) is 39.3 Å². The maximum absolute atomic E-state index is 12.3. The zero-order valence-electron chi connectivity index (χ0n) is 11.7. The second-order valence-electron chi connectivity index (χ2n) is 5.00. The van der Waals surface area contributed by atoms with Crippen molar-refractivity contribution in [1.82, 2.24) is 15.1 Å². The summed E-state index contributed by atoms with van der Waals surface area (Å²) in [7, 11) is 0. The number of carbonyl (C=O) groups is 2. The van der Waals surface area contributed by atoms with Crippen LogP contribution in [0.15, 0.2) is 0 Å². The second kappa shape index (κ2) is 8.06. The van der Waals surface area contributed by atoms with Gasteiger partial charge in [-0.1, -0.05) is 0 Å². The first-order valence-electron chi connectivity index (χ1n) is 6.81. The van der Waals surface area contributed by atoms with E-state index >= 15 is 0 Å². The van der Waals surface area contributed by atoms with E-state index in [4.69, 9.17) is 5.11 Å². The number of likely N-dealkylation sites (tertiary alicyclic amines) is 1. The van der Waals surface area contributed by atoms with E-state index in [0.29, 0.717) is 6.42 Å². The molecule has 1 aliphatic heterocycles. The highest BCUT2D eigenvalue weighted by Gasteiger charge is 2.33. The van der Waals surface area contributed by atoms with E-state index in [1.807, 2.05) is 0 Å². The Morgan fingerprint density at radius 1 is 1.24 bits per heavy atom. The van der Waals surface area contributed by atoms with Crippen molar-refractivity contribution in [3.05, 3.63) is 0 Å². The Morgan fingerprint density at radius 3 is 2.38 bits per heavy atom. The second-order valence-corrected chi connectivity index (χ2v) is 5.00. The third kappa shape index (κ3) is 7.74. The normalized spacial score (nSPS) is 16.0. The Balaban J connectivity index is 2.31. The monoisotopic (exact) mass is 311 g/mol. The molecule has 0 aromatic carbocycles. The van der Waals surface area contributed by atoms with Crippen LogP contribution in [0.25, 0.3) is 0 Å². The Hall–Kier alpha value is -1.51. The van der Waals surface area contributed by atoms with Crippen molar-refractivity contribution in [2.45, 2.75) is 25.4 Å². The predicted octanol–water partition coefficient (Wildman–Crippen LogP) is 1.13. The summed E-state index contributed by atoms with van der Waals surface area (Å²) >= 11 is 0. The summed E-state index contributed by atoms with van der Waals surface area (Å²) in [6, 6.07) is -1.00. The molecule has 2 amide bonds. The summed E-state index contributed by atoms with van der Waals surface area (Å²) in [5.41, 5.74) is 0. The highest BCUT2D eigenvalue weighted by molar-refractivity contribution is 5.80. The SMILES string of the molecule is O=C(O)CN(CC(F)(F)F)C(=O)NCCCN1CCCC1. The van der Waals surface area contributed by atoms with Crippen molar-refractivity contribution in [3.8, 4) is 0 Å². The molecule has 0 atom stereocenters. The lowest BCUT2D eigenvalue weighted by molar-refractivity contribution is -0.148. The molecule has 6 nitrogen and oxygen atoms in total. The zero-order valence-corrected chi connectivity index (χ0v) is 11.7. The molecular formula is C12H20F3N3O3. The molecule has 9 heteroatoms. The number of hydrogen-bond donors (Lipinski definition) is 2. The van der Waals surface area contributed by atoms with Gasteiger partial charge in [-0.05, 0) is 38.9 Å². The molecule has 0 aromatic rings. The van der Waals surface area contributed by atoms with E-state index in [1.165, 1.54) is 0 Å². The molecule has 0 bridgehead atoms. The number of hydrogen-bond acceptors (Lipinski definition) is 3. The Morgan fingerprint density at radius 2 is 1.86 bits per heavy atom. The van der Waals surface area contributed by atoms with E-state index in [0.717, 1.165) is 32.5 Å². The number of rotatable bonds is 7. The Kier molecular flexibility index (Phi) is 6.73. The van der Waals surface area contributed by atoms with Crippen molar-refractivity contribution in [2.24, 2.45) is 0 Å². The van der Waals surface area contributed by atoms with Gasteiger partial charge in [-0.25, -0.2) is 4.79 Å². The first-order valence-corrected chi connectivity index (χ1v) is 6.81. The highest BCUT2D eigenvalue weighted by Crippen LogP contribution is 2.16. The molecule has 21 heavy (non-hydrogen) atoms. The number of aliphatic carboxylic acids is 1. The molecule has 0 aliphatic carbocycles. The van der Waals surface area contributed by atoms with Gasteiger partial charge in [0.15, 0.2) is 0 Å². The van der Waals surface area contributed by atoms with Gasteiger partial charge >= 0.3 is 18.2 Å². The number of urea groups is 1. The topological polar surface area (TPSA) is 72.9 Å². The van der Waals surface area contributed by atoms with Gasteiger partial charge in [0.2, 0.25) is 0 Å². The number of alkyl halides is 3. The van der Waals surface area contributed by atoms with Crippen molar-refractivity contribution in [3.63, 3.8) is 0 Å². The van der Waals surface area contributed by atoms with Crippen LogP contribution in [-0.4, -0.2) is 72.4 Å². The maximum Gasteiger partial charge on any atom is 0.406 e. The van der Waals surface area contributed by atoms with Crippen LogP contribution >= 0.6 is 0 Å². The van der Waals surface area contributed by atoms with Gasteiger partial charge in [-0.15, -0.1) is 0 Å². The van der Waals surface area contributed by atoms with Gasteiger partial charge in [0, 0.05) is 6.54 Å². The number of halogens is 3. The Bertz CT molecular complexity index is 357. The molecule has 1 fully saturated rings. The van der Waals surface area contributed by atoms with Crippen LogP contribution in [0.4, 0.5) is 18.0 Å². The number of carboxylic acids is 1. The first-order chi connectivity index (χ1) is 9.78. The number of amides is 2. The molecule has 122 valence electrons. The molecule has 1 rings (SSSR count). The lowest BCUT2D eigenvalue weighted by Gasteiger charge is -2.22. The third-order valence-corrected chi connectivity index (χ3v) is 3.11. The summed E-state index contributed by atoms with van der Waals surface area (Å²) < 4.78 is 36.9. The van der Waals surface area contributed by atoms with Crippen LogP contribution < -0.4 is 5.32 Å². The summed E-state index contributed by atoms with van der Waals surface area (Å²) in [4.78, 5) is 24.6. The summed E-state index contributed by atoms with van der Waals surface area (Å²) in [6.07, 6.45) is -1.71. The molecule has 0 spiro atoms. The van der Waals surface area contributed by atoms with Gasteiger partial charge < -0.3 is 20.2 Å². The number of carboxylic acid groups (broad SMARTS) is 1. The maximum atomic E-state index is 12.3. The van der Waals surface area contributed by atoms with Crippen LogP contribution in [0.3, 0.4) is 0 Å². The van der Waals surface area contributed by atoms with E-state index in [9.17, 15) is 22.8 Å². The average molecular weight is 311 g/mol. The van der Waals surface area contributed by atoms with Crippen molar-refractivity contribution < 1.29 is 27.9 Å². The van der Waals surface area contributed by atoms with E-state index < -0.39 is 31.3 Å². The van der Waals surface area contributed by atoms with Crippen molar-refractivity contribution >= 4 is 12.0 Å². The number of carbonyl (C=O) groups excluding carboxylic acids is 1. The van der Waals surface area contributed by atoms with Crippen molar-refractivity contribution in [1.29, 1.82) is 0 Å². The van der Waals surface area contributed by atoms with Gasteiger partial charge in [-0.2, -0.15) is 13.2 Å². The quantitative estimate of drug-likeness (QED) is 0.691. The minimum atomic E-state index is -4.62. The average Bonchev–Trinajstić information content (AvgIpc) is 2.84. The first kappa shape index (κ1) is 17.5. The van der Waals surface area contributed by atoms with Crippen LogP contribution in [-0.2, 0) is 4.79 Å². The standard InChI is InChI=1S/C12H20F3N3O3/c13-12(14,15)9-18(8-10(19)20)11(21)16-4-3-7-17-5-1-2-6-17/h1-9H2,(H,16,21)(H,19,20). The van der Waals surface area contributed by atoms with Gasteiger partial charge in [0.1, 0.15) is 13.1 Å². The molecule has 0 radical (unpaired) electrons. The van der Waals surface area contributed by atoms with Gasteiger partial charge in [0.05, 0.1) is 0 Å². The van der Waals surface area contributed by atoms with Crippen LogP contribution in [0.5, 0.6) is 0 Å². The Labute approximate surface area is 120 Å². The summed E-state index contributed by atoms with van der Waals surface area (Å²) in [6.45, 7) is 0.469. The van der Waals surface area contributed by atoms with Gasteiger partial charge in [0.25, 0.3) is 0 Å².